The number of hydrogen-bond acceptors (Lipinski definition) is 3. The minimum atomic E-state index is 0.0758. The van der Waals surface area contributed by atoms with Crippen molar-refractivity contribution in [2.75, 3.05) is 0 Å². The highest BCUT2D eigenvalue weighted by molar-refractivity contribution is 5.66. The molecular formula is C12H10N2O. The average molecular weight is 198 g/mol. The fourth-order valence-corrected chi connectivity index (χ4v) is 1.15. The summed E-state index contributed by atoms with van der Waals surface area (Å²) in [5.41, 5.74) is 1.09. The van der Waals surface area contributed by atoms with Crippen LogP contribution in [0.1, 0.15) is 11.4 Å². The fourth-order valence-electron chi connectivity index (χ4n) is 1.15. The summed E-state index contributed by atoms with van der Waals surface area (Å²) in [5, 5.41) is 8.99. The number of nitrogens with zero attached hydrogens (tertiary/aromatic N) is 2. The lowest BCUT2D eigenvalue weighted by Crippen LogP contribution is -1.84. The van der Waals surface area contributed by atoms with Gasteiger partial charge in [-0.1, -0.05) is 36.4 Å². The van der Waals surface area contributed by atoms with Crippen LogP contribution in [0.15, 0.2) is 42.7 Å². The number of hydrogen-bond donors (Lipinski definition) is 1. The van der Waals surface area contributed by atoms with Crippen LogP contribution >= 0.6 is 0 Å². The Labute approximate surface area is 87.8 Å². The van der Waals surface area contributed by atoms with Crippen LogP contribution < -0.4 is 0 Å². The molecule has 0 aliphatic rings. The van der Waals surface area contributed by atoms with Gasteiger partial charge < -0.3 is 5.11 Å². The van der Waals surface area contributed by atoms with E-state index in [1.807, 2.05) is 36.4 Å². The van der Waals surface area contributed by atoms with Gasteiger partial charge >= 0.3 is 0 Å². The Morgan fingerprint density at radius 2 is 1.60 bits per heavy atom. The van der Waals surface area contributed by atoms with Gasteiger partial charge in [-0.3, -0.25) is 0 Å². The molecule has 0 atom stereocenters. The summed E-state index contributed by atoms with van der Waals surface area (Å²) >= 11 is 0. The summed E-state index contributed by atoms with van der Waals surface area (Å²) in [7, 11) is 0. The maximum absolute atomic E-state index is 8.99. The third-order valence-corrected chi connectivity index (χ3v) is 1.88. The van der Waals surface area contributed by atoms with E-state index in [2.05, 4.69) is 9.97 Å². The molecular weight excluding hydrogens is 188 g/mol. The molecule has 0 bridgehead atoms. The highest BCUT2D eigenvalue weighted by Gasteiger charge is 1.90. The first-order valence-corrected chi connectivity index (χ1v) is 4.59. The first kappa shape index (κ1) is 9.40. The smallest absolute Gasteiger partial charge is 0.152 e. The molecule has 2 rings (SSSR count). The van der Waals surface area contributed by atoms with Crippen LogP contribution in [-0.4, -0.2) is 15.1 Å². The molecule has 0 radical (unpaired) electrons. The summed E-state index contributed by atoms with van der Waals surface area (Å²) in [4.78, 5) is 7.89. The first-order valence-electron chi connectivity index (χ1n) is 4.59. The molecule has 3 heteroatoms. The van der Waals surface area contributed by atoms with Crippen LogP contribution in [0, 0.1) is 0 Å². The summed E-state index contributed by atoms with van der Waals surface area (Å²) in [6.07, 6.45) is 6.47. The van der Waals surface area contributed by atoms with Crippen LogP contribution in [0.2, 0.25) is 0 Å². The molecule has 2 aromatic rings. The number of benzene rings is 1. The third kappa shape index (κ3) is 2.64. The minimum Gasteiger partial charge on any atom is -0.505 e. The van der Waals surface area contributed by atoms with Crippen molar-refractivity contribution in [1.82, 2.24) is 9.97 Å². The van der Waals surface area contributed by atoms with Gasteiger partial charge in [0.2, 0.25) is 0 Å². The van der Waals surface area contributed by atoms with E-state index in [9.17, 15) is 0 Å². The van der Waals surface area contributed by atoms with Crippen molar-refractivity contribution < 1.29 is 5.11 Å². The van der Waals surface area contributed by atoms with Gasteiger partial charge in [0.05, 0.1) is 12.4 Å². The SMILES string of the molecule is Oc1cnc(C=Cc2ccccc2)nc1. The molecule has 1 aromatic carbocycles. The molecule has 1 N–H and O–H groups in total. The Morgan fingerprint density at radius 1 is 0.933 bits per heavy atom. The van der Waals surface area contributed by atoms with E-state index in [4.69, 9.17) is 5.11 Å². The van der Waals surface area contributed by atoms with Gasteiger partial charge in [-0.15, -0.1) is 0 Å². The number of rotatable bonds is 2. The lowest BCUT2D eigenvalue weighted by atomic mass is 10.2. The molecule has 0 aliphatic carbocycles. The normalized spacial score (nSPS) is 10.7. The molecule has 1 aromatic heterocycles. The van der Waals surface area contributed by atoms with Crippen molar-refractivity contribution in [1.29, 1.82) is 0 Å². The van der Waals surface area contributed by atoms with E-state index in [1.54, 1.807) is 6.08 Å². The molecule has 0 saturated heterocycles. The second-order valence-corrected chi connectivity index (χ2v) is 3.04. The molecule has 0 spiro atoms. The van der Waals surface area contributed by atoms with Crippen molar-refractivity contribution in [3.05, 3.63) is 54.1 Å². The molecule has 1 heterocycles. The van der Waals surface area contributed by atoms with E-state index < -0.39 is 0 Å². The second kappa shape index (κ2) is 4.37. The van der Waals surface area contributed by atoms with Crippen molar-refractivity contribution in [3.63, 3.8) is 0 Å². The van der Waals surface area contributed by atoms with Crippen LogP contribution in [0.5, 0.6) is 5.75 Å². The van der Waals surface area contributed by atoms with Gasteiger partial charge in [0, 0.05) is 0 Å². The zero-order valence-corrected chi connectivity index (χ0v) is 8.04. The molecule has 0 amide bonds. The van der Waals surface area contributed by atoms with Gasteiger partial charge in [0.1, 0.15) is 0 Å². The van der Waals surface area contributed by atoms with Crippen LogP contribution in [-0.2, 0) is 0 Å². The summed E-state index contributed by atoms with van der Waals surface area (Å²) in [6.45, 7) is 0. The van der Waals surface area contributed by atoms with E-state index in [0.29, 0.717) is 5.82 Å². The molecule has 0 aliphatic heterocycles. The van der Waals surface area contributed by atoms with E-state index in [1.165, 1.54) is 12.4 Å². The van der Waals surface area contributed by atoms with Crippen LogP contribution in [0.25, 0.3) is 12.2 Å². The summed E-state index contributed by atoms with van der Waals surface area (Å²) < 4.78 is 0. The topological polar surface area (TPSA) is 46.0 Å². The van der Waals surface area contributed by atoms with Crippen LogP contribution in [0.4, 0.5) is 0 Å². The van der Waals surface area contributed by atoms with Gasteiger partial charge in [-0.25, -0.2) is 9.97 Å². The van der Waals surface area contributed by atoms with Crippen molar-refractivity contribution in [2.24, 2.45) is 0 Å². The Kier molecular flexibility index (Phi) is 2.74. The van der Waals surface area contributed by atoms with Crippen molar-refractivity contribution in [3.8, 4) is 5.75 Å². The first-order chi connectivity index (χ1) is 7.34. The van der Waals surface area contributed by atoms with Crippen molar-refractivity contribution in [2.45, 2.75) is 0 Å². The maximum Gasteiger partial charge on any atom is 0.152 e. The van der Waals surface area contributed by atoms with Crippen molar-refractivity contribution >= 4 is 12.2 Å². The monoisotopic (exact) mass is 198 g/mol. The lowest BCUT2D eigenvalue weighted by Gasteiger charge is -1.93. The Hall–Kier alpha value is -2.16. The highest BCUT2D eigenvalue weighted by Crippen LogP contribution is 2.06. The van der Waals surface area contributed by atoms with Gasteiger partial charge in [0.25, 0.3) is 0 Å². The molecule has 0 unspecified atom stereocenters. The van der Waals surface area contributed by atoms with E-state index in [-0.39, 0.29) is 5.75 Å². The number of aromatic hydroxyl groups is 1. The average Bonchev–Trinajstić information content (AvgIpc) is 2.30. The Bertz CT molecular complexity index is 449. The molecule has 0 saturated carbocycles. The largest absolute Gasteiger partial charge is 0.505 e. The summed E-state index contributed by atoms with van der Waals surface area (Å²) in [6, 6.07) is 9.90. The molecule has 3 nitrogen and oxygen atoms in total. The van der Waals surface area contributed by atoms with Crippen LogP contribution in [0.3, 0.4) is 0 Å². The number of aromatic nitrogens is 2. The maximum atomic E-state index is 8.99. The quantitative estimate of drug-likeness (QED) is 0.805. The third-order valence-electron chi connectivity index (χ3n) is 1.88. The zero-order chi connectivity index (χ0) is 10.5. The predicted octanol–water partition coefficient (Wildman–Crippen LogP) is 2.35. The Morgan fingerprint density at radius 3 is 2.27 bits per heavy atom. The van der Waals surface area contributed by atoms with Gasteiger partial charge in [-0.2, -0.15) is 0 Å². The molecule has 15 heavy (non-hydrogen) atoms. The predicted molar refractivity (Wildman–Crippen MR) is 59.1 cm³/mol. The second-order valence-electron chi connectivity index (χ2n) is 3.04. The van der Waals surface area contributed by atoms with Gasteiger partial charge in [0.15, 0.2) is 11.6 Å². The Balaban J connectivity index is 2.15. The molecule has 74 valence electrons. The fraction of sp³-hybridized carbons (Fsp3) is 0. The van der Waals surface area contributed by atoms with Gasteiger partial charge in [-0.05, 0) is 11.6 Å². The van der Waals surface area contributed by atoms with E-state index in [0.717, 1.165) is 5.56 Å². The highest BCUT2D eigenvalue weighted by atomic mass is 16.3. The lowest BCUT2D eigenvalue weighted by molar-refractivity contribution is 0.469. The minimum absolute atomic E-state index is 0.0758. The van der Waals surface area contributed by atoms with E-state index >= 15 is 0 Å². The standard InChI is InChI=1S/C12H10N2O/c15-11-8-13-12(14-9-11)7-6-10-4-2-1-3-5-10/h1-9,15H. The summed E-state index contributed by atoms with van der Waals surface area (Å²) in [5.74, 6) is 0.656. The zero-order valence-electron chi connectivity index (χ0n) is 8.04. The molecule has 0 fully saturated rings.